The van der Waals surface area contributed by atoms with Gasteiger partial charge in [-0.3, -0.25) is 9.59 Å². The molecule has 1 heterocycles. The van der Waals surface area contributed by atoms with Gasteiger partial charge >= 0.3 is 6.18 Å². The summed E-state index contributed by atoms with van der Waals surface area (Å²) >= 11 is 1.21. The average molecular weight is 476 g/mol. The van der Waals surface area contributed by atoms with E-state index in [4.69, 9.17) is 0 Å². The summed E-state index contributed by atoms with van der Waals surface area (Å²) in [6.07, 6.45) is -4.37. The summed E-state index contributed by atoms with van der Waals surface area (Å²) in [5.41, 5.74) is 1.62. The highest BCUT2D eigenvalue weighted by Crippen LogP contribution is 2.33. The third-order valence-electron chi connectivity index (χ3n) is 5.04. The molecule has 0 radical (unpaired) electrons. The summed E-state index contributed by atoms with van der Waals surface area (Å²) in [4.78, 5) is 32.4. The van der Waals surface area contributed by atoms with Crippen LogP contribution in [0.3, 0.4) is 0 Å². The van der Waals surface area contributed by atoms with E-state index < -0.39 is 11.7 Å². The van der Waals surface area contributed by atoms with Crippen molar-refractivity contribution in [2.75, 3.05) is 20.6 Å². The Balaban J connectivity index is 1.67. The molecule has 0 aliphatic carbocycles. The van der Waals surface area contributed by atoms with Gasteiger partial charge in [0.25, 0.3) is 5.91 Å². The van der Waals surface area contributed by atoms with E-state index in [0.29, 0.717) is 34.9 Å². The maximum atomic E-state index is 13.0. The number of halogens is 3. The molecule has 0 fully saturated rings. The average Bonchev–Trinajstić information content (AvgIpc) is 3.25. The molecule has 5 nitrogen and oxygen atoms in total. The Hall–Kier alpha value is -3.20. The minimum atomic E-state index is -4.42. The van der Waals surface area contributed by atoms with Gasteiger partial charge in [-0.15, -0.1) is 11.3 Å². The van der Waals surface area contributed by atoms with Gasteiger partial charge in [-0.05, 0) is 36.8 Å². The molecular weight excluding hydrogens is 451 g/mol. The number of hydrogen-bond donors (Lipinski definition) is 0. The van der Waals surface area contributed by atoms with E-state index in [1.807, 2.05) is 19.1 Å². The molecule has 33 heavy (non-hydrogen) atoms. The quantitative estimate of drug-likeness (QED) is 0.477. The molecule has 2 aromatic carbocycles. The lowest BCUT2D eigenvalue weighted by molar-refractivity contribution is -0.137. The Kier molecular flexibility index (Phi) is 7.53. The molecule has 0 N–H and O–H groups in total. The molecule has 0 unspecified atom stereocenters. The number of rotatable bonds is 7. The topological polar surface area (TPSA) is 53.5 Å². The number of thiazole rings is 1. The van der Waals surface area contributed by atoms with Crippen molar-refractivity contribution in [3.05, 3.63) is 76.3 Å². The lowest BCUT2D eigenvalue weighted by Gasteiger charge is -2.21. The van der Waals surface area contributed by atoms with Crippen molar-refractivity contribution in [3.8, 4) is 10.6 Å². The van der Waals surface area contributed by atoms with Gasteiger partial charge in [0.05, 0.1) is 17.7 Å². The maximum absolute atomic E-state index is 13.0. The second-order valence-electron chi connectivity index (χ2n) is 7.70. The number of benzene rings is 2. The molecule has 2 amide bonds. The molecule has 0 aliphatic rings. The predicted molar refractivity (Wildman–Crippen MR) is 122 cm³/mol. The second-order valence-corrected chi connectivity index (χ2v) is 8.56. The first kappa shape index (κ1) is 24.4. The number of nitrogens with zero attached hydrogens (tertiary/aromatic N) is 3. The first-order valence-electron chi connectivity index (χ1n) is 10.3. The highest BCUT2D eigenvalue weighted by Gasteiger charge is 2.30. The monoisotopic (exact) mass is 475 g/mol. The van der Waals surface area contributed by atoms with Gasteiger partial charge in [0.1, 0.15) is 5.01 Å². The molecular formula is C24H24F3N3O2S. The third-order valence-corrected chi connectivity index (χ3v) is 5.98. The number of carbonyl (C=O) groups is 2. The summed E-state index contributed by atoms with van der Waals surface area (Å²) < 4.78 is 38.9. The van der Waals surface area contributed by atoms with Crippen LogP contribution in [0.1, 0.15) is 34.1 Å². The van der Waals surface area contributed by atoms with Gasteiger partial charge < -0.3 is 9.80 Å². The van der Waals surface area contributed by atoms with Crippen LogP contribution in [0.4, 0.5) is 13.2 Å². The summed E-state index contributed by atoms with van der Waals surface area (Å²) in [7, 11) is 3.37. The van der Waals surface area contributed by atoms with Crippen LogP contribution in [0, 0.1) is 0 Å². The first-order valence-corrected chi connectivity index (χ1v) is 11.2. The Morgan fingerprint density at radius 1 is 1.06 bits per heavy atom. The number of likely N-dealkylation sites (N-methyl/N-ethyl adjacent to an activating group) is 1. The summed E-state index contributed by atoms with van der Waals surface area (Å²) in [6.45, 7) is 2.75. The van der Waals surface area contributed by atoms with E-state index in [2.05, 4.69) is 4.98 Å². The number of hydrogen-bond acceptors (Lipinski definition) is 4. The van der Waals surface area contributed by atoms with Crippen LogP contribution in [-0.2, 0) is 23.9 Å². The van der Waals surface area contributed by atoms with Crippen LogP contribution in [0.5, 0.6) is 0 Å². The fourth-order valence-corrected chi connectivity index (χ4v) is 4.04. The smallest absolute Gasteiger partial charge is 0.345 e. The molecule has 1 aromatic heterocycles. The lowest BCUT2D eigenvalue weighted by Crippen LogP contribution is -2.31. The number of amides is 2. The van der Waals surface area contributed by atoms with Gasteiger partial charge in [0.2, 0.25) is 5.91 Å². The summed E-state index contributed by atoms with van der Waals surface area (Å²) in [6, 6.07) is 12.1. The summed E-state index contributed by atoms with van der Waals surface area (Å²) in [5.74, 6) is -0.225. The Labute approximate surface area is 194 Å². The standard InChI is InChI=1S/C24H24F3N3O2S/c1-4-30(14-16-8-10-17(11-9-16)23(32)29(2)3)21(31)13-20-15-33-22(28-20)18-6-5-7-19(12-18)24(25,26)27/h5-12,15H,4,13-14H2,1-3H3. The summed E-state index contributed by atoms with van der Waals surface area (Å²) in [5, 5.41) is 2.14. The molecule has 0 atom stereocenters. The molecule has 0 aliphatic heterocycles. The number of aromatic nitrogens is 1. The minimum Gasteiger partial charge on any atom is -0.345 e. The number of carbonyl (C=O) groups excluding carboxylic acids is 2. The Morgan fingerprint density at radius 2 is 1.76 bits per heavy atom. The maximum Gasteiger partial charge on any atom is 0.416 e. The lowest BCUT2D eigenvalue weighted by atomic mass is 10.1. The van der Waals surface area contributed by atoms with Gasteiger partial charge in [0.15, 0.2) is 0 Å². The molecule has 174 valence electrons. The van der Waals surface area contributed by atoms with Crippen molar-refractivity contribution in [2.45, 2.75) is 26.1 Å². The van der Waals surface area contributed by atoms with Gasteiger partial charge in [0, 0.05) is 43.7 Å². The first-order chi connectivity index (χ1) is 15.6. The van der Waals surface area contributed by atoms with E-state index in [-0.39, 0.29) is 18.2 Å². The Morgan fingerprint density at radius 3 is 2.36 bits per heavy atom. The molecule has 0 saturated heterocycles. The fraction of sp³-hybridized carbons (Fsp3) is 0.292. The van der Waals surface area contributed by atoms with Crippen LogP contribution < -0.4 is 0 Å². The predicted octanol–water partition coefficient (Wildman–Crippen LogP) is 5.12. The van der Waals surface area contributed by atoms with E-state index in [1.165, 1.54) is 22.3 Å². The minimum absolute atomic E-state index is 0.0561. The van der Waals surface area contributed by atoms with Crippen molar-refractivity contribution in [3.63, 3.8) is 0 Å². The van der Waals surface area contributed by atoms with E-state index in [1.54, 1.807) is 42.6 Å². The fourth-order valence-electron chi connectivity index (χ4n) is 3.22. The van der Waals surface area contributed by atoms with E-state index in [0.717, 1.165) is 17.7 Å². The normalized spacial score (nSPS) is 11.3. The van der Waals surface area contributed by atoms with Crippen molar-refractivity contribution >= 4 is 23.2 Å². The van der Waals surface area contributed by atoms with Crippen molar-refractivity contribution in [1.82, 2.24) is 14.8 Å². The molecule has 9 heteroatoms. The van der Waals surface area contributed by atoms with Crippen LogP contribution in [0.2, 0.25) is 0 Å². The molecule has 0 saturated carbocycles. The van der Waals surface area contributed by atoms with Crippen LogP contribution in [0.15, 0.2) is 53.9 Å². The second kappa shape index (κ2) is 10.2. The molecule has 0 spiro atoms. The van der Waals surface area contributed by atoms with Gasteiger partial charge in [-0.25, -0.2) is 4.98 Å². The van der Waals surface area contributed by atoms with Gasteiger partial charge in [-0.1, -0.05) is 24.3 Å². The Bertz CT molecular complexity index is 1120. The van der Waals surface area contributed by atoms with Crippen molar-refractivity contribution in [1.29, 1.82) is 0 Å². The third kappa shape index (κ3) is 6.19. The van der Waals surface area contributed by atoms with E-state index in [9.17, 15) is 22.8 Å². The van der Waals surface area contributed by atoms with Crippen molar-refractivity contribution < 1.29 is 22.8 Å². The molecule has 0 bridgehead atoms. The van der Waals surface area contributed by atoms with Crippen LogP contribution >= 0.6 is 11.3 Å². The van der Waals surface area contributed by atoms with E-state index >= 15 is 0 Å². The van der Waals surface area contributed by atoms with Gasteiger partial charge in [-0.2, -0.15) is 13.2 Å². The SMILES string of the molecule is CCN(Cc1ccc(C(=O)N(C)C)cc1)C(=O)Cc1csc(-c2cccc(C(F)(F)F)c2)n1. The van der Waals surface area contributed by atoms with Crippen LogP contribution in [-0.4, -0.2) is 47.2 Å². The van der Waals surface area contributed by atoms with Crippen molar-refractivity contribution in [2.24, 2.45) is 0 Å². The zero-order chi connectivity index (χ0) is 24.2. The largest absolute Gasteiger partial charge is 0.416 e. The molecule has 3 aromatic rings. The van der Waals surface area contributed by atoms with Crippen LogP contribution in [0.25, 0.3) is 10.6 Å². The number of alkyl halides is 3. The molecule has 3 rings (SSSR count). The highest BCUT2D eigenvalue weighted by molar-refractivity contribution is 7.13. The zero-order valence-electron chi connectivity index (χ0n) is 18.5. The zero-order valence-corrected chi connectivity index (χ0v) is 19.3. The highest BCUT2D eigenvalue weighted by atomic mass is 32.1.